The molecule has 0 saturated heterocycles. The van der Waals surface area contributed by atoms with Gasteiger partial charge in [0.2, 0.25) is 0 Å². The van der Waals surface area contributed by atoms with Crippen LogP contribution in [0.4, 0.5) is 0 Å². The second-order valence-corrected chi connectivity index (χ2v) is 7.43. The van der Waals surface area contributed by atoms with Crippen molar-refractivity contribution in [2.75, 3.05) is 13.7 Å². The van der Waals surface area contributed by atoms with Crippen LogP contribution in [0.15, 0.2) is 94.4 Å². The Labute approximate surface area is 196 Å². The summed E-state index contributed by atoms with van der Waals surface area (Å²) in [7, 11) is 1.56. The lowest BCUT2D eigenvalue weighted by Crippen LogP contribution is -2.24. The molecule has 1 aromatic heterocycles. The smallest absolute Gasteiger partial charge is 0.277 e. The highest BCUT2D eigenvalue weighted by Crippen LogP contribution is 2.30. The van der Waals surface area contributed by atoms with Gasteiger partial charge in [0.1, 0.15) is 23.0 Å². The second-order valence-electron chi connectivity index (χ2n) is 7.02. The summed E-state index contributed by atoms with van der Waals surface area (Å²) in [6, 6.07) is 26.5. The minimum absolute atomic E-state index is 0.157. The molecule has 4 aromatic rings. The Morgan fingerprint density at radius 2 is 1.70 bits per heavy atom. The Balaban J connectivity index is 1.27. The van der Waals surface area contributed by atoms with Gasteiger partial charge in [-0.05, 0) is 53.6 Å². The number of hydrogen-bond acceptors (Lipinski definition) is 5. The van der Waals surface area contributed by atoms with Gasteiger partial charge in [-0.2, -0.15) is 5.10 Å². The maximum Gasteiger partial charge on any atom is 0.277 e. The van der Waals surface area contributed by atoms with Crippen LogP contribution in [0.25, 0.3) is 22.5 Å². The summed E-state index contributed by atoms with van der Waals surface area (Å²) in [6.07, 6.45) is 1.42. The largest absolute Gasteiger partial charge is 0.495 e. The van der Waals surface area contributed by atoms with Crippen molar-refractivity contribution in [3.63, 3.8) is 0 Å². The molecule has 166 valence electrons. The second kappa shape index (κ2) is 10.5. The van der Waals surface area contributed by atoms with Crippen LogP contribution in [0.5, 0.6) is 11.5 Å². The summed E-state index contributed by atoms with van der Waals surface area (Å²) in [5.74, 6) is 1.91. The van der Waals surface area contributed by atoms with E-state index in [-0.39, 0.29) is 12.5 Å². The van der Waals surface area contributed by atoms with Crippen LogP contribution < -0.4 is 14.9 Å². The molecule has 7 heteroatoms. The van der Waals surface area contributed by atoms with Crippen LogP contribution in [-0.2, 0) is 4.79 Å². The molecule has 0 radical (unpaired) electrons. The molecule has 1 heterocycles. The van der Waals surface area contributed by atoms with Gasteiger partial charge in [-0.3, -0.25) is 4.79 Å². The van der Waals surface area contributed by atoms with Crippen LogP contribution in [0.1, 0.15) is 5.76 Å². The predicted molar refractivity (Wildman–Crippen MR) is 129 cm³/mol. The summed E-state index contributed by atoms with van der Waals surface area (Å²) in [5, 5.41) is 4.40. The molecule has 0 aliphatic heterocycles. The Kier molecular flexibility index (Phi) is 7.07. The minimum atomic E-state index is -0.382. The monoisotopic (exact) mass is 460 g/mol. The van der Waals surface area contributed by atoms with E-state index in [1.54, 1.807) is 31.4 Å². The van der Waals surface area contributed by atoms with Gasteiger partial charge in [0.15, 0.2) is 6.61 Å². The molecule has 6 nitrogen and oxygen atoms in total. The standard InChI is InChI=1S/C26H21ClN2O4/c1-31-25-13-9-20(15-23(25)27)24-14-12-22(33-24)16-28-29-26(30)17-32-21-10-7-19(8-11-21)18-5-3-2-4-6-18/h2-16H,17H2,1H3,(H,29,30)/b28-16+. The zero-order valence-electron chi connectivity index (χ0n) is 17.8. The molecule has 0 aliphatic rings. The minimum Gasteiger partial charge on any atom is -0.495 e. The molecular weight excluding hydrogens is 440 g/mol. The molecule has 0 aliphatic carbocycles. The molecule has 33 heavy (non-hydrogen) atoms. The Hall–Kier alpha value is -4.03. The third kappa shape index (κ3) is 5.81. The van der Waals surface area contributed by atoms with Gasteiger partial charge in [-0.15, -0.1) is 0 Å². The third-order valence-corrected chi connectivity index (χ3v) is 5.07. The SMILES string of the molecule is COc1ccc(-c2ccc(/C=N/NC(=O)COc3ccc(-c4ccccc4)cc3)o2)cc1Cl. The molecular formula is C26H21ClN2O4. The molecule has 3 aromatic carbocycles. The Bertz CT molecular complexity index is 1250. The quantitative estimate of drug-likeness (QED) is 0.266. The molecule has 4 rings (SSSR count). The lowest BCUT2D eigenvalue weighted by atomic mass is 10.1. The molecule has 0 saturated carbocycles. The van der Waals surface area contributed by atoms with Crippen molar-refractivity contribution in [2.24, 2.45) is 5.10 Å². The van der Waals surface area contributed by atoms with Crippen molar-refractivity contribution < 1.29 is 18.7 Å². The number of hydrazone groups is 1. The van der Waals surface area contributed by atoms with E-state index in [1.807, 2.05) is 60.7 Å². The fraction of sp³-hybridized carbons (Fsp3) is 0.0769. The van der Waals surface area contributed by atoms with Gasteiger partial charge in [0.25, 0.3) is 5.91 Å². The van der Waals surface area contributed by atoms with Crippen LogP contribution >= 0.6 is 11.6 Å². The predicted octanol–water partition coefficient (Wildman–Crippen LogP) is 5.80. The van der Waals surface area contributed by atoms with Gasteiger partial charge >= 0.3 is 0 Å². The molecule has 0 atom stereocenters. The summed E-state index contributed by atoms with van der Waals surface area (Å²) >= 11 is 6.16. The number of carbonyl (C=O) groups excluding carboxylic acids is 1. The average molecular weight is 461 g/mol. The number of methoxy groups -OCH3 is 1. The number of amides is 1. The first-order valence-electron chi connectivity index (χ1n) is 10.2. The van der Waals surface area contributed by atoms with Crippen molar-refractivity contribution in [2.45, 2.75) is 0 Å². The fourth-order valence-corrected chi connectivity index (χ4v) is 3.38. The van der Waals surface area contributed by atoms with Crippen molar-refractivity contribution in [3.8, 4) is 33.9 Å². The first kappa shape index (κ1) is 22.2. The van der Waals surface area contributed by atoms with E-state index in [1.165, 1.54) is 6.21 Å². The molecule has 0 bridgehead atoms. The summed E-state index contributed by atoms with van der Waals surface area (Å²) < 4.78 is 16.4. The lowest BCUT2D eigenvalue weighted by molar-refractivity contribution is -0.123. The topological polar surface area (TPSA) is 73.1 Å². The maximum atomic E-state index is 12.0. The number of ether oxygens (including phenoxy) is 2. The van der Waals surface area contributed by atoms with E-state index in [0.29, 0.717) is 28.0 Å². The number of rotatable bonds is 8. The van der Waals surface area contributed by atoms with Crippen LogP contribution in [0.3, 0.4) is 0 Å². The van der Waals surface area contributed by atoms with E-state index in [9.17, 15) is 4.79 Å². The Morgan fingerprint density at radius 1 is 0.970 bits per heavy atom. The molecule has 0 fully saturated rings. The first-order valence-corrected chi connectivity index (χ1v) is 10.5. The van der Waals surface area contributed by atoms with E-state index in [2.05, 4.69) is 10.5 Å². The summed E-state index contributed by atoms with van der Waals surface area (Å²) in [5.41, 5.74) is 5.42. The van der Waals surface area contributed by atoms with Gasteiger partial charge in [0, 0.05) is 5.56 Å². The number of furan rings is 1. The average Bonchev–Trinajstić information content (AvgIpc) is 3.32. The summed E-state index contributed by atoms with van der Waals surface area (Å²) in [4.78, 5) is 12.0. The highest BCUT2D eigenvalue weighted by atomic mass is 35.5. The Morgan fingerprint density at radius 3 is 2.42 bits per heavy atom. The fourth-order valence-electron chi connectivity index (χ4n) is 3.12. The van der Waals surface area contributed by atoms with Crippen LogP contribution in [-0.4, -0.2) is 25.8 Å². The maximum absolute atomic E-state index is 12.0. The van der Waals surface area contributed by atoms with E-state index in [4.69, 9.17) is 25.5 Å². The zero-order chi connectivity index (χ0) is 23.0. The normalized spacial score (nSPS) is 10.8. The highest BCUT2D eigenvalue weighted by molar-refractivity contribution is 6.32. The number of halogens is 1. The number of carbonyl (C=O) groups is 1. The lowest BCUT2D eigenvalue weighted by Gasteiger charge is -2.06. The van der Waals surface area contributed by atoms with Crippen molar-refractivity contribution in [1.29, 1.82) is 0 Å². The first-order chi connectivity index (χ1) is 16.1. The number of nitrogens with one attached hydrogen (secondary N) is 1. The van der Waals surface area contributed by atoms with Crippen molar-refractivity contribution >= 4 is 23.7 Å². The van der Waals surface area contributed by atoms with Gasteiger partial charge in [0.05, 0.1) is 18.3 Å². The van der Waals surface area contributed by atoms with E-state index >= 15 is 0 Å². The summed E-state index contributed by atoms with van der Waals surface area (Å²) in [6.45, 7) is -0.157. The number of nitrogens with zero attached hydrogens (tertiary/aromatic N) is 1. The molecule has 0 unspecified atom stereocenters. The molecule has 0 spiro atoms. The number of benzene rings is 3. The molecule has 1 N–H and O–H groups in total. The number of hydrogen-bond donors (Lipinski definition) is 1. The van der Waals surface area contributed by atoms with Crippen LogP contribution in [0.2, 0.25) is 5.02 Å². The highest BCUT2D eigenvalue weighted by Gasteiger charge is 2.08. The van der Waals surface area contributed by atoms with Gasteiger partial charge < -0.3 is 13.9 Å². The zero-order valence-corrected chi connectivity index (χ0v) is 18.6. The van der Waals surface area contributed by atoms with E-state index in [0.717, 1.165) is 16.7 Å². The van der Waals surface area contributed by atoms with E-state index < -0.39 is 0 Å². The van der Waals surface area contributed by atoms with Gasteiger partial charge in [-0.25, -0.2) is 5.43 Å². The van der Waals surface area contributed by atoms with Crippen LogP contribution in [0, 0.1) is 0 Å². The molecule has 1 amide bonds. The van der Waals surface area contributed by atoms with Crippen molar-refractivity contribution in [1.82, 2.24) is 5.43 Å². The van der Waals surface area contributed by atoms with Gasteiger partial charge in [-0.1, -0.05) is 54.1 Å². The third-order valence-electron chi connectivity index (χ3n) is 4.78. The van der Waals surface area contributed by atoms with Crippen molar-refractivity contribution in [3.05, 3.63) is 95.7 Å².